The van der Waals surface area contributed by atoms with Crippen molar-refractivity contribution < 1.29 is 9.00 Å². The molecule has 0 aliphatic carbocycles. The number of fused-ring (bicyclic) bond motifs is 1. The number of benzene rings is 4. The lowest BCUT2D eigenvalue weighted by atomic mass is 10.1. The van der Waals surface area contributed by atoms with Gasteiger partial charge in [0.2, 0.25) is 5.91 Å². The van der Waals surface area contributed by atoms with Gasteiger partial charge in [-0.2, -0.15) is 0 Å². The molecule has 0 aliphatic heterocycles. The summed E-state index contributed by atoms with van der Waals surface area (Å²) in [6.45, 7) is 0. The molecule has 0 fully saturated rings. The Hall–Kier alpha value is -3.90. The number of anilines is 3. The molecule has 0 aliphatic rings. The quantitative estimate of drug-likeness (QED) is 0.292. The van der Waals surface area contributed by atoms with Crippen LogP contribution < -0.4 is 15.8 Å². The van der Waals surface area contributed by atoms with Crippen LogP contribution in [-0.2, 0) is 15.8 Å². The van der Waals surface area contributed by atoms with E-state index in [1.807, 2.05) is 78.9 Å². The van der Waals surface area contributed by atoms with Crippen molar-refractivity contribution in [1.82, 2.24) is 0 Å². The smallest absolute Gasteiger partial charge is 0.248 e. The Morgan fingerprint density at radius 3 is 2.35 bits per heavy atom. The van der Waals surface area contributed by atoms with Crippen LogP contribution in [0.15, 0.2) is 102 Å². The summed E-state index contributed by atoms with van der Waals surface area (Å²) in [5, 5.41) is 4.75. The summed E-state index contributed by atoms with van der Waals surface area (Å²) in [6, 6.07) is 28.1. The van der Waals surface area contributed by atoms with Gasteiger partial charge in [0.15, 0.2) is 11.0 Å². The second kappa shape index (κ2) is 9.28. The molecule has 5 nitrogen and oxygen atoms in total. The normalized spacial score (nSPS) is 12.0. The van der Waals surface area contributed by atoms with E-state index in [1.54, 1.807) is 18.2 Å². The molecule has 4 aromatic carbocycles. The standard InChI is InChI=1S/C25H21N3O2S/c26-22-9-3-4-10-23(22)27-25(29)17-14-18-12-15-20(16-13-18)28-31(30)24-11-5-7-19-6-1-2-8-21(19)24/h1-17,28H,26H2,(H,27,29)/b17-14+. The monoisotopic (exact) mass is 427 g/mol. The van der Waals surface area contributed by atoms with Crippen molar-refractivity contribution in [2.45, 2.75) is 4.90 Å². The van der Waals surface area contributed by atoms with E-state index in [0.29, 0.717) is 11.4 Å². The number of rotatable bonds is 6. The van der Waals surface area contributed by atoms with E-state index in [0.717, 1.165) is 26.9 Å². The van der Waals surface area contributed by atoms with Crippen LogP contribution in [0.25, 0.3) is 16.8 Å². The van der Waals surface area contributed by atoms with Crippen LogP contribution in [0, 0.1) is 0 Å². The molecule has 0 aromatic heterocycles. The van der Waals surface area contributed by atoms with Crippen molar-refractivity contribution in [3.05, 3.63) is 103 Å². The van der Waals surface area contributed by atoms with Gasteiger partial charge in [0.1, 0.15) is 0 Å². The van der Waals surface area contributed by atoms with Crippen LogP contribution in [0.4, 0.5) is 17.1 Å². The highest BCUT2D eigenvalue weighted by molar-refractivity contribution is 7.86. The van der Waals surface area contributed by atoms with E-state index >= 15 is 0 Å². The first-order valence-corrected chi connectivity index (χ1v) is 10.8. The molecule has 0 radical (unpaired) electrons. The fourth-order valence-electron chi connectivity index (χ4n) is 3.14. The Kier molecular flexibility index (Phi) is 6.10. The Morgan fingerprint density at radius 1 is 0.839 bits per heavy atom. The Morgan fingerprint density at radius 2 is 1.55 bits per heavy atom. The molecule has 154 valence electrons. The lowest BCUT2D eigenvalue weighted by Gasteiger charge is -2.09. The average Bonchev–Trinajstić information content (AvgIpc) is 2.80. The van der Waals surface area contributed by atoms with Crippen LogP contribution in [-0.4, -0.2) is 10.1 Å². The number of nitrogens with one attached hydrogen (secondary N) is 2. The number of amides is 1. The predicted molar refractivity (Wildman–Crippen MR) is 129 cm³/mol. The van der Waals surface area contributed by atoms with Gasteiger partial charge >= 0.3 is 0 Å². The van der Waals surface area contributed by atoms with E-state index in [9.17, 15) is 9.00 Å². The maximum Gasteiger partial charge on any atom is 0.248 e. The molecule has 0 saturated carbocycles. The molecule has 0 saturated heterocycles. The van der Waals surface area contributed by atoms with Crippen LogP contribution in [0.5, 0.6) is 0 Å². The number of carbonyl (C=O) groups excluding carboxylic acids is 1. The second-order valence-corrected chi connectivity index (χ2v) is 8.06. The lowest BCUT2D eigenvalue weighted by Crippen LogP contribution is -2.09. The first-order chi connectivity index (χ1) is 15.1. The molecule has 1 amide bonds. The van der Waals surface area contributed by atoms with E-state index in [2.05, 4.69) is 10.0 Å². The zero-order chi connectivity index (χ0) is 21.6. The summed E-state index contributed by atoms with van der Waals surface area (Å²) < 4.78 is 15.9. The minimum absolute atomic E-state index is 0.267. The average molecular weight is 428 g/mol. The third-order valence-electron chi connectivity index (χ3n) is 4.72. The minimum Gasteiger partial charge on any atom is -0.397 e. The molecule has 1 unspecified atom stereocenters. The van der Waals surface area contributed by atoms with Crippen molar-refractivity contribution in [1.29, 1.82) is 0 Å². The van der Waals surface area contributed by atoms with E-state index in [-0.39, 0.29) is 5.91 Å². The van der Waals surface area contributed by atoms with Crippen molar-refractivity contribution >= 4 is 50.8 Å². The van der Waals surface area contributed by atoms with Gasteiger partial charge in [-0.25, -0.2) is 4.21 Å². The summed E-state index contributed by atoms with van der Waals surface area (Å²) in [4.78, 5) is 12.8. The molecule has 31 heavy (non-hydrogen) atoms. The highest BCUT2D eigenvalue weighted by Crippen LogP contribution is 2.23. The fourth-order valence-corrected chi connectivity index (χ4v) is 4.19. The highest BCUT2D eigenvalue weighted by Gasteiger charge is 2.08. The van der Waals surface area contributed by atoms with Crippen molar-refractivity contribution in [2.24, 2.45) is 0 Å². The SMILES string of the molecule is Nc1ccccc1NC(=O)/C=C/c1ccc(NS(=O)c2cccc3ccccc23)cc1. The van der Waals surface area contributed by atoms with Crippen LogP contribution in [0.3, 0.4) is 0 Å². The topological polar surface area (TPSA) is 84.2 Å². The number of nitrogen functional groups attached to an aromatic ring is 1. The first-order valence-electron chi connectivity index (χ1n) is 9.70. The predicted octanol–water partition coefficient (Wildman–Crippen LogP) is 5.21. The number of hydrogen-bond donors (Lipinski definition) is 3. The number of hydrogen-bond acceptors (Lipinski definition) is 3. The molecule has 4 rings (SSSR count). The highest BCUT2D eigenvalue weighted by atomic mass is 32.2. The largest absolute Gasteiger partial charge is 0.397 e. The third-order valence-corrected chi connectivity index (χ3v) is 5.89. The Labute approximate surface area is 183 Å². The molecule has 4 N–H and O–H groups in total. The van der Waals surface area contributed by atoms with Crippen LogP contribution >= 0.6 is 0 Å². The fraction of sp³-hybridized carbons (Fsp3) is 0. The van der Waals surface area contributed by atoms with E-state index < -0.39 is 11.0 Å². The second-order valence-electron chi connectivity index (χ2n) is 6.88. The summed E-state index contributed by atoms with van der Waals surface area (Å²) in [7, 11) is -1.40. The van der Waals surface area contributed by atoms with Gasteiger partial charge in [-0.05, 0) is 52.7 Å². The molecule has 4 aromatic rings. The van der Waals surface area contributed by atoms with Crippen LogP contribution in [0.2, 0.25) is 0 Å². The van der Waals surface area contributed by atoms with Crippen molar-refractivity contribution in [3.63, 3.8) is 0 Å². The first kappa shape index (κ1) is 20.4. The summed E-state index contributed by atoms with van der Waals surface area (Å²) in [6.07, 6.45) is 3.16. The van der Waals surface area contributed by atoms with E-state index in [1.165, 1.54) is 6.08 Å². The number of carbonyl (C=O) groups is 1. The van der Waals surface area contributed by atoms with Gasteiger partial charge < -0.3 is 15.8 Å². The summed E-state index contributed by atoms with van der Waals surface area (Å²) in [5.74, 6) is -0.267. The maximum absolute atomic E-state index is 12.9. The van der Waals surface area contributed by atoms with Gasteiger partial charge in [0.05, 0.1) is 16.3 Å². The zero-order valence-corrected chi connectivity index (χ0v) is 17.4. The molecule has 6 heteroatoms. The van der Waals surface area contributed by atoms with Crippen molar-refractivity contribution in [2.75, 3.05) is 15.8 Å². The Bertz CT molecular complexity index is 1280. The van der Waals surface area contributed by atoms with E-state index in [4.69, 9.17) is 5.73 Å². The zero-order valence-electron chi connectivity index (χ0n) is 16.6. The van der Waals surface area contributed by atoms with Crippen LogP contribution in [0.1, 0.15) is 5.56 Å². The molecular formula is C25H21N3O2S. The summed E-state index contributed by atoms with van der Waals surface area (Å²) >= 11 is 0. The molecule has 1 atom stereocenters. The molecule has 0 heterocycles. The number of para-hydroxylation sites is 2. The molecule has 0 bridgehead atoms. The van der Waals surface area contributed by atoms with Crippen molar-refractivity contribution in [3.8, 4) is 0 Å². The van der Waals surface area contributed by atoms with Gasteiger partial charge in [0.25, 0.3) is 0 Å². The maximum atomic E-state index is 12.9. The number of nitrogens with two attached hydrogens (primary N) is 1. The van der Waals surface area contributed by atoms with Gasteiger partial charge in [-0.3, -0.25) is 4.79 Å². The van der Waals surface area contributed by atoms with Gasteiger partial charge in [-0.15, -0.1) is 0 Å². The third kappa shape index (κ3) is 4.99. The summed E-state index contributed by atoms with van der Waals surface area (Å²) in [5.41, 5.74) is 8.50. The lowest BCUT2D eigenvalue weighted by molar-refractivity contribution is -0.111. The molecule has 0 spiro atoms. The Balaban J connectivity index is 1.41. The minimum atomic E-state index is -1.40. The van der Waals surface area contributed by atoms with Gasteiger partial charge in [0, 0.05) is 11.8 Å². The molecular weight excluding hydrogens is 406 g/mol. The van der Waals surface area contributed by atoms with Gasteiger partial charge in [-0.1, -0.05) is 60.7 Å².